The van der Waals surface area contributed by atoms with Gasteiger partial charge in [0.05, 0.1) is 20.1 Å². The van der Waals surface area contributed by atoms with Crippen LogP contribution in [0.4, 0.5) is 0 Å². The molecule has 1 rings (SSSR count). The lowest BCUT2D eigenvalue weighted by molar-refractivity contribution is -0.148. The molecule has 0 radical (unpaired) electrons. The van der Waals surface area contributed by atoms with Crippen LogP contribution in [-0.2, 0) is 25.5 Å². The summed E-state index contributed by atoms with van der Waals surface area (Å²) in [5.74, 6) is -0.784. The van der Waals surface area contributed by atoms with Gasteiger partial charge in [-0.15, -0.1) is 0 Å². The van der Waals surface area contributed by atoms with E-state index in [1.807, 2.05) is 0 Å². The number of carbonyl (C=O) groups is 3. The molecule has 1 aromatic carbocycles. The number of hydrogen-bond donors (Lipinski definition) is 2. The lowest BCUT2D eigenvalue weighted by atomic mass is 10.1. The molecule has 0 saturated carbocycles. The van der Waals surface area contributed by atoms with Gasteiger partial charge in [0.2, 0.25) is 5.91 Å². The Morgan fingerprint density at radius 3 is 2.50 bits per heavy atom. The molecule has 0 saturated heterocycles. The van der Waals surface area contributed by atoms with Crippen molar-refractivity contribution in [2.24, 2.45) is 0 Å². The van der Waals surface area contributed by atoms with Crippen LogP contribution in [0.5, 0.6) is 5.75 Å². The van der Waals surface area contributed by atoms with Crippen molar-refractivity contribution in [3.8, 4) is 5.75 Å². The molecular weight excluding hydrogens is 288 g/mol. The van der Waals surface area contributed by atoms with Gasteiger partial charge >= 0.3 is 5.97 Å². The molecule has 0 aliphatic heterocycles. The van der Waals surface area contributed by atoms with Crippen molar-refractivity contribution in [2.75, 3.05) is 26.8 Å². The Morgan fingerprint density at radius 1 is 1.09 bits per heavy atom. The lowest BCUT2D eigenvalue weighted by Crippen LogP contribution is -2.38. The number of nitrogens with one attached hydrogen (secondary N) is 2. The first-order valence-electron chi connectivity index (χ1n) is 6.87. The first kappa shape index (κ1) is 17.5. The monoisotopic (exact) mass is 308 g/mol. The summed E-state index contributed by atoms with van der Waals surface area (Å²) < 4.78 is 9.99. The van der Waals surface area contributed by atoms with E-state index in [0.717, 1.165) is 0 Å². The van der Waals surface area contributed by atoms with E-state index in [2.05, 4.69) is 10.6 Å². The number of rotatable bonds is 8. The predicted molar refractivity (Wildman–Crippen MR) is 79.4 cm³/mol. The molecule has 120 valence electrons. The Kier molecular flexibility index (Phi) is 7.45. The van der Waals surface area contributed by atoms with Crippen molar-refractivity contribution in [1.82, 2.24) is 10.6 Å². The zero-order valence-corrected chi connectivity index (χ0v) is 12.7. The van der Waals surface area contributed by atoms with E-state index in [-0.39, 0.29) is 18.9 Å². The summed E-state index contributed by atoms with van der Waals surface area (Å²) >= 11 is 0. The van der Waals surface area contributed by atoms with Crippen LogP contribution in [0.15, 0.2) is 24.3 Å². The summed E-state index contributed by atoms with van der Waals surface area (Å²) in [6, 6.07) is 7.06. The van der Waals surface area contributed by atoms with Crippen LogP contribution in [0.1, 0.15) is 12.5 Å². The number of methoxy groups -OCH3 is 1. The molecule has 0 aliphatic carbocycles. The van der Waals surface area contributed by atoms with Crippen molar-refractivity contribution in [2.45, 2.75) is 13.3 Å². The topological polar surface area (TPSA) is 93.7 Å². The minimum absolute atomic E-state index is 0.00755. The summed E-state index contributed by atoms with van der Waals surface area (Å²) in [5, 5.41) is 4.89. The largest absolute Gasteiger partial charge is 0.496 e. The van der Waals surface area contributed by atoms with Gasteiger partial charge in [-0.3, -0.25) is 14.4 Å². The van der Waals surface area contributed by atoms with Gasteiger partial charge in [0.25, 0.3) is 5.91 Å². The Labute approximate surface area is 129 Å². The molecule has 1 aromatic rings. The van der Waals surface area contributed by atoms with Crippen LogP contribution in [0.2, 0.25) is 0 Å². The summed E-state index contributed by atoms with van der Waals surface area (Å²) in [6.07, 6.45) is 0.00755. The number of amides is 2. The maximum atomic E-state index is 11.7. The van der Waals surface area contributed by atoms with Gasteiger partial charge in [-0.1, -0.05) is 18.2 Å². The zero-order valence-electron chi connectivity index (χ0n) is 12.7. The Hall–Kier alpha value is -2.57. The predicted octanol–water partition coefficient (Wildman–Crippen LogP) is 0.0332. The number of benzene rings is 1. The Bertz CT molecular complexity index is 530. The van der Waals surface area contributed by atoms with Gasteiger partial charge in [0.15, 0.2) is 6.61 Å². The van der Waals surface area contributed by atoms with Gasteiger partial charge in [-0.2, -0.15) is 0 Å². The highest BCUT2D eigenvalue weighted by Crippen LogP contribution is 2.17. The van der Waals surface area contributed by atoms with Crippen LogP contribution in [-0.4, -0.2) is 44.6 Å². The highest BCUT2D eigenvalue weighted by molar-refractivity contribution is 5.86. The number of carbonyl (C=O) groups excluding carboxylic acids is 3. The highest BCUT2D eigenvalue weighted by atomic mass is 16.5. The molecule has 2 amide bonds. The zero-order chi connectivity index (χ0) is 16.4. The smallest absolute Gasteiger partial charge is 0.310 e. The molecule has 22 heavy (non-hydrogen) atoms. The number of para-hydroxylation sites is 1. The van der Waals surface area contributed by atoms with Gasteiger partial charge in [0, 0.05) is 12.1 Å². The fourth-order valence-electron chi connectivity index (χ4n) is 1.69. The first-order valence-corrected chi connectivity index (χ1v) is 6.87. The molecular formula is C15H20N2O5. The standard InChI is InChI=1S/C15H20N2O5/c1-3-16-13(18)9-17-14(19)10-22-15(20)8-11-6-4-5-7-12(11)21-2/h4-7H,3,8-10H2,1-2H3,(H,16,18)(H,17,19). The van der Waals surface area contributed by atoms with E-state index in [0.29, 0.717) is 17.9 Å². The average Bonchev–Trinajstić information content (AvgIpc) is 2.51. The molecule has 0 heterocycles. The molecule has 0 unspecified atom stereocenters. The summed E-state index contributed by atoms with van der Waals surface area (Å²) in [5.41, 5.74) is 0.678. The van der Waals surface area contributed by atoms with Crippen molar-refractivity contribution in [1.29, 1.82) is 0 Å². The number of ether oxygens (including phenoxy) is 2. The minimum atomic E-state index is -0.544. The van der Waals surface area contributed by atoms with Crippen LogP contribution < -0.4 is 15.4 Å². The van der Waals surface area contributed by atoms with E-state index >= 15 is 0 Å². The van der Waals surface area contributed by atoms with Crippen molar-refractivity contribution >= 4 is 17.8 Å². The van der Waals surface area contributed by atoms with E-state index in [4.69, 9.17) is 9.47 Å². The van der Waals surface area contributed by atoms with E-state index in [9.17, 15) is 14.4 Å². The molecule has 0 aromatic heterocycles. The van der Waals surface area contributed by atoms with Crippen molar-refractivity contribution in [3.05, 3.63) is 29.8 Å². The summed E-state index contributed by atoms with van der Waals surface area (Å²) in [6.45, 7) is 1.70. The van der Waals surface area contributed by atoms with Crippen molar-refractivity contribution in [3.63, 3.8) is 0 Å². The van der Waals surface area contributed by atoms with Crippen LogP contribution in [0, 0.1) is 0 Å². The molecule has 2 N–H and O–H groups in total. The molecule has 0 aliphatic rings. The number of likely N-dealkylation sites (N-methyl/N-ethyl adjacent to an activating group) is 1. The molecule has 0 atom stereocenters. The second-order valence-electron chi connectivity index (χ2n) is 4.38. The number of esters is 1. The fourth-order valence-corrected chi connectivity index (χ4v) is 1.69. The van der Waals surface area contributed by atoms with Gasteiger partial charge in [-0.05, 0) is 13.0 Å². The molecule has 0 fully saturated rings. The number of hydrogen-bond acceptors (Lipinski definition) is 5. The van der Waals surface area contributed by atoms with Crippen molar-refractivity contribution < 1.29 is 23.9 Å². The van der Waals surface area contributed by atoms with E-state index in [1.165, 1.54) is 7.11 Å². The second kappa shape index (κ2) is 9.38. The second-order valence-corrected chi connectivity index (χ2v) is 4.38. The summed E-state index contributed by atoms with van der Waals surface area (Å²) in [4.78, 5) is 34.3. The molecule has 0 bridgehead atoms. The third-order valence-electron chi connectivity index (χ3n) is 2.71. The van der Waals surface area contributed by atoms with Gasteiger partial charge in [0.1, 0.15) is 5.75 Å². The summed E-state index contributed by atoms with van der Waals surface area (Å²) in [7, 11) is 1.51. The molecule has 7 heteroatoms. The van der Waals surface area contributed by atoms with Gasteiger partial charge < -0.3 is 20.1 Å². The Balaban J connectivity index is 2.33. The minimum Gasteiger partial charge on any atom is -0.496 e. The normalized spacial score (nSPS) is 9.73. The molecule has 7 nitrogen and oxygen atoms in total. The van der Waals surface area contributed by atoms with Gasteiger partial charge in [-0.25, -0.2) is 0 Å². The SMILES string of the molecule is CCNC(=O)CNC(=O)COC(=O)Cc1ccccc1OC. The lowest BCUT2D eigenvalue weighted by Gasteiger charge is -2.09. The van der Waals surface area contributed by atoms with Crippen LogP contribution in [0.3, 0.4) is 0 Å². The fraction of sp³-hybridized carbons (Fsp3) is 0.400. The van der Waals surface area contributed by atoms with Crippen LogP contribution in [0.25, 0.3) is 0 Å². The van der Waals surface area contributed by atoms with E-state index in [1.54, 1.807) is 31.2 Å². The maximum absolute atomic E-state index is 11.7. The van der Waals surface area contributed by atoms with Crippen LogP contribution >= 0.6 is 0 Å². The Morgan fingerprint density at radius 2 is 1.82 bits per heavy atom. The first-order chi connectivity index (χ1) is 10.6. The molecule has 0 spiro atoms. The average molecular weight is 308 g/mol. The quantitative estimate of drug-likeness (QED) is 0.661. The van der Waals surface area contributed by atoms with E-state index < -0.39 is 18.5 Å². The maximum Gasteiger partial charge on any atom is 0.310 e. The highest BCUT2D eigenvalue weighted by Gasteiger charge is 2.12. The third-order valence-corrected chi connectivity index (χ3v) is 2.71. The third kappa shape index (κ3) is 6.25.